The van der Waals surface area contributed by atoms with Crippen LogP contribution in [0.3, 0.4) is 0 Å². The number of anilines is 1. The van der Waals surface area contributed by atoms with Crippen LogP contribution in [0.4, 0.5) is 5.82 Å². The van der Waals surface area contributed by atoms with Gasteiger partial charge in [-0.3, -0.25) is 0 Å². The number of aryl methyl sites for hydroxylation is 1. The number of imidazole rings is 1. The molecular formula is C15H21N5. The predicted octanol–water partition coefficient (Wildman–Crippen LogP) is 2.51. The van der Waals surface area contributed by atoms with Gasteiger partial charge in [0.15, 0.2) is 0 Å². The number of hydrogen-bond donors (Lipinski definition) is 1. The zero-order valence-corrected chi connectivity index (χ0v) is 12.3. The van der Waals surface area contributed by atoms with E-state index in [4.69, 9.17) is 4.98 Å². The van der Waals surface area contributed by atoms with E-state index in [1.807, 2.05) is 19.4 Å². The Kier molecular flexibility index (Phi) is 3.42. The summed E-state index contributed by atoms with van der Waals surface area (Å²) in [4.78, 5) is 13.9. The molecule has 0 amide bonds. The van der Waals surface area contributed by atoms with Crippen LogP contribution in [0, 0.1) is 6.92 Å². The highest BCUT2D eigenvalue weighted by Crippen LogP contribution is 2.39. The first kappa shape index (κ1) is 13.1. The van der Waals surface area contributed by atoms with Crippen LogP contribution in [-0.2, 0) is 13.0 Å². The maximum atomic E-state index is 4.79. The van der Waals surface area contributed by atoms with E-state index in [0.717, 1.165) is 41.7 Å². The van der Waals surface area contributed by atoms with Gasteiger partial charge in [-0.25, -0.2) is 15.0 Å². The first-order valence-corrected chi connectivity index (χ1v) is 7.28. The van der Waals surface area contributed by atoms with Crippen molar-refractivity contribution in [2.24, 2.45) is 0 Å². The van der Waals surface area contributed by atoms with E-state index in [9.17, 15) is 0 Å². The molecule has 0 atom stereocenters. The normalized spacial score (nSPS) is 14.6. The highest BCUT2D eigenvalue weighted by Gasteiger charge is 2.28. The molecule has 0 bridgehead atoms. The van der Waals surface area contributed by atoms with E-state index < -0.39 is 0 Å². The summed E-state index contributed by atoms with van der Waals surface area (Å²) in [7, 11) is 1.92. The molecule has 3 rings (SSSR count). The van der Waals surface area contributed by atoms with Gasteiger partial charge in [0.25, 0.3) is 0 Å². The molecule has 0 aromatic carbocycles. The molecule has 2 aromatic heterocycles. The fourth-order valence-corrected chi connectivity index (χ4v) is 2.47. The van der Waals surface area contributed by atoms with Crippen LogP contribution in [0.5, 0.6) is 0 Å². The second-order valence-electron chi connectivity index (χ2n) is 5.33. The Morgan fingerprint density at radius 3 is 2.80 bits per heavy atom. The monoisotopic (exact) mass is 271 g/mol. The smallest absolute Gasteiger partial charge is 0.134 e. The van der Waals surface area contributed by atoms with Gasteiger partial charge in [-0.1, -0.05) is 0 Å². The maximum Gasteiger partial charge on any atom is 0.134 e. The first-order valence-electron chi connectivity index (χ1n) is 7.28. The van der Waals surface area contributed by atoms with Crippen molar-refractivity contribution >= 4 is 5.82 Å². The molecule has 0 radical (unpaired) electrons. The Morgan fingerprint density at radius 1 is 1.35 bits per heavy atom. The molecule has 2 heterocycles. The third-order valence-electron chi connectivity index (χ3n) is 3.91. The van der Waals surface area contributed by atoms with Gasteiger partial charge in [-0.2, -0.15) is 0 Å². The number of aromatic nitrogens is 4. The van der Waals surface area contributed by atoms with Gasteiger partial charge in [0.2, 0.25) is 0 Å². The molecule has 0 unspecified atom stereocenters. The molecule has 5 nitrogen and oxygen atoms in total. The van der Waals surface area contributed by atoms with Crippen LogP contribution in [0.1, 0.15) is 48.6 Å². The lowest BCUT2D eigenvalue weighted by Gasteiger charge is -2.12. The highest BCUT2D eigenvalue weighted by atomic mass is 15.1. The Morgan fingerprint density at radius 2 is 2.15 bits per heavy atom. The van der Waals surface area contributed by atoms with Crippen molar-refractivity contribution in [3.05, 3.63) is 35.3 Å². The lowest BCUT2D eigenvalue weighted by molar-refractivity contribution is 0.704. The predicted molar refractivity (Wildman–Crippen MR) is 79.0 cm³/mol. The van der Waals surface area contributed by atoms with Crippen molar-refractivity contribution in [1.29, 1.82) is 0 Å². The second-order valence-corrected chi connectivity index (χ2v) is 5.33. The van der Waals surface area contributed by atoms with Gasteiger partial charge in [0.05, 0.1) is 5.69 Å². The lowest BCUT2D eigenvalue weighted by Crippen LogP contribution is -2.10. The standard InChI is InChI=1S/C15H21N5/c1-4-20-8-7-17-13(20)9-12-10(2)14(16-3)19-15(18-12)11-5-6-11/h7-8,11H,4-6,9H2,1-3H3,(H,16,18,19). The largest absolute Gasteiger partial charge is 0.373 e. The van der Waals surface area contributed by atoms with E-state index in [2.05, 4.69) is 33.7 Å². The van der Waals surface area contributed by atoms with Crippen LogP contribution < -0.4 is 5.32 Å². The Balaban J connectivity index is 1.97. The summed E-state index contributed by atoms with van der Waals surface area (Å²) in [5, 5.41) is 3.19. The number of hydrogen-bond acceptors (Lipinski definition) is 4. The molecule has 5 heteroatoms. The average molecular weight is 271 g/mol. The van der Waals surface area contributed by atoms with Gasteiger partial charge < -0.3 is 9.88 Å². The van der Waals surface area contributed by atoms with Crippen molar-refractivity contribution in [1.82, 2.24) is 19.5 Å². The summed E-state index contributed by atoms with van der Waals surface area (Å²) in [6.45, 7) is 5.15. The molecule has 1 aliphatic carbocycles. The minimum Gasteiger partial charge on any atom is -0.373 e. The summed E-state index contributed by atoms with van der Waals surface area (Å²) in [5.41, 5.74) is 2.22. The van der Waals surface area contributed by atoms with E-state index in [1.165, 1.54) is 12.8 Å². The lowest BCUT2D eigenvalue weighted by atomic mass is 10.1. The fraction of sp³-hybridized carbons (Fsp3) is 0.533. The molecule has 1 saturated carbocycles. The third-order valence-corrected chi connectivity index (χ3v) is 3.91. The molecule has 2 aromatic rings. The summed E-state index contributed by atoms with van der Waals surface area (Å²) in [6.07, 6.45) is 7.08. The molecule has 0 aliphatic heterocycles. The quantitative estimate of drug-likeness (QED) is 0.908. The molecule has 20 heavy (non-hydrogen) atoms. The molecule has 1 fully saturated rings. The minimum absolute atomic E-state index is 0.562. The van der Waals surface area contributed by atoms with Crippen LogP contribution in [-0.4, -0.2) is 26.6 Å². The average Bonchev–Trinajstić information content (AvgIpc) is 3.21. The Bertz CT molecular complexity index is 613. The SMILES string of the molecule is CCn1ccnc1Cc1nc(C2CC2)nc(NC)c1C. The second kappa shape index (κ2) is 5.23. The third kappa shape index (κ3) is 2.40. The van der Waals surface area contributed by atoms with Crippen molar-refractivity contribution in [3.63, 3.8) is 0 Å². The minimum atomic E-state index is 0.562. The first-order chi connectivity index (χ1) is 9.72. The summed E-state index contributed by atoms with van der Waals surface area (Å²) >= 11 is 0. The molecule has 1 N–H and O–H groups in total. The molecular weight excluding hydrogens is 250 g/mol. The fourth-order valence-electron chi connectivity index (χ4n) is 2.47. The highest BCUT2D eigenvalue weighted by molar-refractivity contribution is 5.46. The van der Waals surface area contributed by atoms with E-state index in [-0.39, 0.29) is 0 Å². The number of nitrogens with one attached hydrogen (secondary N) is 1. The van der Waals surface area contributed by atoms with Crippen molar-refractivity contribution in [3.8, 4) is 0 Å². The summed E-state index contributed by atoms with van der Waals surface area (Å²) in [6, 6.07) is 0. The van der Waals surface area contributed by atoms with Crippen molar-refractivity contribution in [2.45, 2.75) is 45.6 Å². The molecule has 0 spiro atoms. The van der Waals surface area contributed by atoms with Gasteiger partial charge in [0.1, 0.15) is 17.5 Å². The van der Waals surface area contributed by atoms with E-state index in [0.29, 0.717) is 5.92 Å². The zero-order chi connectivity index (χ0) is 14.1. The van der Waals surface area contributed by atoms with Gasteiger partial charge in [0, 0.05) is 43.9 Å². The molecule has 1 aliphatic rings. The van der Waals surface area contributed by atoms with Crippen molar-refractivity contribution in [2.75, 3.05) is 12.4 Å². The van der Waals surface area contributed by atoms with Crippen LogP contribution >= 0.6 is 0 Å². The summed E-state index contributed by atoms with van der Waals surface area (Å²) < 4.78 is 2.16. The topological polar surface area (TPSA) is 55.6 Å². The molecule has 106 valence electrons. The summed E-state index contributed by atoms with van der Waals surface area (Å²) in [5.74, 6) is 3.57. The van der Waals surface area contributed by atoms with E-state index in [1.54, 1.807) is 0 Å². The number of rotatable bonds is 5. The van der Waals surface area contributed by atoms with Gasteiger partial charge >= 0.3 is 0 Å². The van der Waals surface area contributed by atoms with Crippen molar-refractivity contribution < 1.29 is 0 Å². The molecule has 0 saturated heterocycles. The Labute approximate surface area is 119 Å². The van der Waals surface area contributed by atoms with E-state index >= 15 is 0 Å². The van der Waals surface area contributed by atoms with Crippen LogP contribution in [0.2, 0.25) is 0 Å². The van der Waals surface area contributed by atoms with Gasteiger partial charge in [-0.15, -0.1) is 0 Å². The zero-order valence-electron chi connectivity index (χ0n) is 12.3. The van der Waals surface area contributed by atoms with Crippen LogP contribution in [0.25, 0.3) is 0 Å². The Hall–Kier alpha value is -1.91. The maximum absolute atomic E-state index is 4.79. The number of nitrogens with zero attached hydrogens (tertiary/aromatic N) is 4. The van der Waals surface area contributed by atoms with Gasteiger partial charge in [-0.05, 0) is 26.7 Å². The van der Waals surface area contributed by atoms with Crippen LogP contribution in [0.15, 0.2) is 12.4 Å².